The summed E-state index contributed by atoms with van der Waals surface area (Å²) in [6.45, 7) is 7.00. The molecule has 2 aromatic rings. The number of β-amino-alcohol motifs (C(OH)–C–C–N with tert-alkyl or cyclic N) is 1. The van der Waals surface area contributed by atoms with Gasteiger partial charge in [0.15, 0.2) is 11.6 Å². The summed E-state index contributed by atoms with van der Waals surface area (Å²) in [6.07, 6.45) is 6.99. The molecule has 0 bridgehead atoms. The molecule has 1 amide bonds. The molecule has 1 saturated carbocycles. The van der Waals surface area contributed by atoms with Crippen LogP contribution in [0.5, 0.6) is 5.75 Å². The van der Waals surface area contributed by atoms with Crippen LogP contribution in [0.2, 0.25) is 0 Å². The molecular weight excluding hydrogens is 474 g/mol. The quantitative estimate of drug-likeness (QED) is 0.532. The molecule has 3 fully saturated rings. The first kappa shape index (κ1) is 26.1. The summed E-state index contributed by atoms with van der Waals surface area (Å²) >= 11 is 0. The second kappa shape index (κ2) is 11.1. The number of piperidine rings is 2. The van der Waals surface area contributed by atoms with Crippen molar-refractivity contribution in [3.63, 3.8) is 0 Å². The van der Waals surface area contributed by atoms with E-state index in [1.807, 2.05) is 0 Å². The molecule has 5 nitrogen and oxygen atoms in total. The van der Waals surface area contributed by atoms with Gasteiger partial charge >= 0.3 is 0 Å². The smallest absolute Gasteiger partial charge is 0.254 e. The van der Waals surface area contributed by atoms with Gasteiger partial charge in [-0.2, -0.15) is 0 Å². The number of likely N-dealkylation sites (tertiary alicyclic amines) is 2. The number of benzene rings is 2. The number of aliphatic hydroxyl groups excluding tert-OH is 1. The van der Waals surface area contributed by atoms with Crippen molar-refractivity contribution < 1.29 is 23.4 Å². The van der Waals surface area contributed by atoms with Crippen molar-refractivity contribution in [1.82, 2.24) is 9.80 Å². The number of ether oxygens (including phenoxy) is 1. The van der Waals surface area contributed by atoms with Crippen molar-refractivity contribution in [1.29, 1.82) is 0 Å². The molecule has 0 spiro atoms. The van der Waals surface area contributed by atoms with Gasteiger partial charge in [0.2, 0.25) is 0 Å². The molecular formula is C30H38F2N2O3. The molecule has 0 radical (unpaired) electrons. The normalized spacial score (nSPS) is 22.5. The Labute approximate surface area is 218 Å². The lowest BCUT2D eigenvalue weighted by Crippen LogP contribution is -2.44. The van der Waals surface area contributed by atoms with Crippen molar-refractivity contribution in [2.24, 2.45) is 11.3 Å². The van der Waals surface area contributed by atoms with Gasteiger partial charge in [0.25, 0.3) is 5.91 Å². The Morgan fingerprint density at radius 1 is 1.03 bits per heavy atom. The van der Waals surface area contributed by atoms with E-state index >= 15 is 0 Å². The highest BCUT2D eigenvalue weighted by Crippen LogP contribution is 2.41. The molecule has 0 unspecified atom stereocenters. The average molecular weight is 513 g/mol. The fourth-order valence-electron chi connectivity index (χ4n) is 5.99. The molecule has 2 heterocycles. The SMILES string of the molecule is CC1(CN2CCC(COc3ccc(-c4ccc(C(=O)N5CCC[C@H](O)C5)cc4F)cc3F)CC2)CCC1. The van der Waals surface area contributed by atoms with E-state index < -0.39 is 17.7 Å². The molecule has 2 aliphatic heterocycles. The zero-order chi connectivity index (χ0) is 26.0. The predicted octanol–water partition coefficient (Wildman–Crippen LogP) is 5.51. The minimum absolute atomic E-state index is 0.184. The highest BCUT2D eigenvalue weighted by Gasteiger charge is 2.34. The number of rotatable bonds is 7. The molecule has 7 heteroatoms. The Bertz CT molecular complexity index is 1110. The van der Waals surface area contributed by atoms with Crippen molar-refractivity contribution in [3.05, 3.63) is 53.6 Å². The predicted molar refractivity (Wildman–Crippen MR) is 140 cm³/mol. The second-order valence-electron chi connectivity index (χ2n) is 11.6. The first-order chi connectivity index (χ1) is 17.8. The van der Waals surface area contributed by atoms with Crippen molar-refractivity contribution in [2.45, 2.75) is 58.0 Å². The lowest BCUT2D eigenvalue weighted by atomic mass is 9.70. The summed E-state index contributed by atoms with van der Waals surface area (Å²) < 4.78 is 35.6. The highest BCUT2D eigenvalue weighted by atomic mass is 19.1. The van der Waals surface area contributed by atoms with Gasteiger partial charge in [-0.3, -0.25) is 4.79 Å². The van der Waals surface area contributed by atoms with E-state index in [0.717, 1.165) is 32.4 Å². The fraction of sp³-hybridized carbons (Fsp3) is 0.567. The van der Waals surface area contributed by atoms with Crippen LogP contribution in [0.25, 0.3) is 11.1 Å². The lowest BCUT2D eigenvalue weighted by Gasteiger charge is -2.44. The molecule has 1 N–H and O–H groups in total. The Kier molecular flexibility index (Phi) is 7.82. The summed E-state index contributed by atoms with van der Waals surface area (Å²) in [6, 6.07) is 8.76. The number of carbonyl (C=O) groups is 1. The fourth-order valence-corrected chi connectivity index (χ4v) is 5.99. The Balaban J connectivity index is 1.16. The van der Waals surface area contributed by atoms with Gasteiger partial charge in [-0.05, 0) is 92.8 Å². The van der Waals surface area contributed by atoms with E-state index in [0.29, 0.717) is 36.5 Å². The van der Waals surface area contributed by atoms with Crippen molar-refractivity contribution in [2.75, 3.05) is 39.3 Å². The van der Waals surface area contributed by atoms with Crippen LogP contribution >= 0.6 is 0 Å². The van der Waals surface area contributed by atoms with Crippen LogP contribution in [-0.4, -0.2) is 66.2 Å². The Hall–Kier alpha value is -2.51. The summed E-state index contributed by atoms with van der Waals surface area (Å²) in [5.41, 5.74) is 1.35. The van der Waals surface area contributed by atoms with Crippen LogP contribution in [0.3, 0.4) is 0 Å². The number of nitrogens with zero attached hydrogens (tertiary/aromatic N) is 2. The van der Waals surface area contributed by atoms with Gasteiger partial charge in [-0.15, -0.1) is 0 Å². The lowest BCUT2D eigenvalue weighted by molar-refractivity contribution is 0.0473. The topological polar surface area (TPSA) is 53.0 Å². The molecule has 37 heavy (non-hydrogen) atoms. The molecule has 2 saturated heterocycles. The number of hydrogen-bond donors (Lipinski definition) is 1. The van der Waals surface area contributed by atoms with E-state index in [2.05, 4.69) is 11.8 Å². The molecule has 0 aromatic heterocycles. The van der Waals surface area contributed by atoms with E-state index in [1.54, 1.807) is 23.1 Å². The van der Waals surface area contributed by atoms with Gasteiger partial charge in [0, 0.05) is 30.8 Å². The van der Waals surface area contributed by atoms with Crippen LogP contribution in [0.1, 0.15) is 62.2 Å². The molecule has 3 aliphatic rings. The first-order valence-electron chi connectivity index (χ1n) is 13.7. The number of hydrogen-bond acceptors (Lipinski definition) is 4. The monoisotopic (exact) mass is 512 g/mol. The maximum absolute atomic E-state index is 14.9. The Morgan fingerprint density at radius 3 is 2.46 bits per heavy atom. The average Bonchev–Trinajstić information content (AvgIpc) is 2.87. The van der Waals surface area contributed by atoms with Crippen molar-refractivity contribution >= 4 is 5.91 Å². The van der Waals surface area contributed by atoms with Crippen molar-refractivity contribution in [3.8, 4) is 16.9 Å². The van der Waals surface area contributed by atoms with Gasteiger partial charge in [0.1, 0.15) is 5.82 Å². The minimum atomic E-state index is -0.584. The van der Waals surface area contributed by atoms with E-state index in [1.165, 1.54) is 44.0 Å². The molecule has 2 aromatic carbocycles. The summed E-state index contributed by atoms with van der Waals surface area (Å²) in [5, 5.41) is 9.83. The zero-order valence-electron chi connectivity index (χ0n) is 21.7. The largest absolute Gasteiger partial charge is 0.490 e. The van der Waals surface area contributed by atoms with Gasteiger partial charge in [-0.1, -0.05) is 25.5 Å². The van der Waals surface area contributed by atoms with Gasteiger partial charge in [0.05, 0.1) is 12.7 Å². The van der Waals surface area contributed by atoms with Gasteiger partial charge in [-0.25, -0.2) is 8.78 Å². The van der Waals surface area contributed by atoms with Gasteiger partial charge < -0.3 is 19.6 Å². The van der Waals surface area contributed by atoms with E-state index in [-0.39, 0.29) is 29.3 Å². The summed E-state index contributed by atoms with van der Waals surface area (Å²) in [4.78, 5) is 16.8. The van der Waals surface area contributed by atoms with Crippen LogP contribution in [0.15, 0.2) is 36.4 Å². The third-order valence-electron chi connectivity index (χ3n) is 8.49. The summed E-state index contributed by atoms with van der Waals surface area (Å²) in [5.74, 6) is -0.812. The van der Waals surface area contributed by atoms with E-state index in [9.17, 15) is 18.7 Å². The maximum atomic E-state index is 14.9. The number of amides is 1. The summed E-state index contributed by atoms with van der Waals surface area (Å²) in [7, 11) is 0. The number of carbonyl (C=O) groups excluding carboxylic acids is 1. The Morgan fingerprint density at radius 2 is 1.81 bits per heavy atom. The molecule has 5 rings (SSSR count). The standard InChI is InChI=1S/C30H38F2N2O3/c1-30(11-3-12-30)20-33-14-9-21(10-15-33)19-37-28-8-6-22(16-27(28)32)25-7-5-23(17-26(25)31)29(36)34-13-2-4-24(35)18-34/h5-8,16-17,21,24,35H,2-4,9-15,18-20H2,1H3/t24-/m0/s1. The first-order valence-corrected chi connectivity index (χ1v) is 13.7. The number of aliphatic hydroxyl groups is 1. The van der Waals surface area contributed by atoms with E-state index in [4.69, 9.17) is 4.74 Å². The third-order valence-corrected chi connectivity index (χ3v) is 8.49. The molecule has 1 aliphatic carbocycles. The highest BCUT2D eigenvalue weighted by molar-refractivity contribution is 5.95. The zero-order valence-corrected chi connectivity index (χ0v) is 21.7. The van der Waals surface area contributed by atoms with Crippen LogP contribution in [-0.2, 0) is 0 Å². The molecule has 1 atom stereocenters. The minimum Gasteiger partial charge on any atom is -0.490 e. The maximum Gasteiger partial charge on any atom is 0.254 e. The van der Waals surface area contributed by atoms with Crippen LogP contribution < -0.4 is 4.74 Å². The molecule has 200 valence electrons. The number of halogens is 2. The van der Waals surface area contributed by atoms with Crippen LogP contribution in [0, 0.1) is 23.0 Å². The van der Waals surface area contributed by atoms with Crippen LogP contribution in [0.4, 0.5) is 8.78 Å². The second-order valence-corrected chi connectivity index (χ2v) is 11.6. The third kappa shape index (κ3) is 6.15.